The van der Waals surface area contributed by atoms with Crippen molar-refractivity contribution in [3.63, 3.8) is 0 Å². The van der Waals surface area contributed by atoms with E-state index in [0.717, 1.165) is 11.8 Å². The maximum absolute atomic E-state index is 2.62. The third-order valence-electron chi connectivity index (χ3n) is 2.90. The number of hydrogen-bond acceptors (Lipinski definition) is 1. The average molecular weight is 169 g/mol. The highest BCUT2D eigenvalue weighted by molar-refractivity contribution is 4.69. The van der Waals surface area contributed by atoms with Crippen molar-refractivity contribution in [1.29, 1.82) is 0 Å². The zero-order valence-corrected chi connectivity index (χ0v) is 8.84. The first-order valence-electron chi connectivity index (χ1n) is 5.41. The highest BCUT2D eigenvalue weighted by Crippen LogP contribution is 2.16. The first kappa shape index (κ1) is 10.0. The first-order chi connectivity index (χ1) is 5.68. The summed E-state index contributed by atoms with van der Waals surface area (Å²) in [5.74, 6) is 1.84. The highest BCUT2D eigenvalue weighted by Gasteiger charge is 2.14. The van der Waals surface area contributed by atoms with Crippen molar-refractivity contribution in [3.05, 3.63) is 0 Å². The van der Waals surface area contributed by atoms with Crippen LogP contribution in [0.5, 0.6) is 0 Å². The monoisotopic (exact) mass is 169 g/mol. The normalized spacial score (nSPS) is 22.0. The molecular weight excluding hydrogens is 146 g/mol. The summed E-state index contributed by atoms with van der Waals surface area (Å²) in [6.07, 6.45) is 4.20. The Bertz CT molecular complexity index is 112. The van der Waals surface area contributed by atoms with Crippen LogP contribution >= 0.6 is 0 Å². The van der Waals surface area contributed by atoms with Gasteiger partial charge in [-0.2, -0.15) is 0 Å². The summed E-state index contributed by atoms with van der Waals surface area (Å²) in [7, 11) is 0. The summed E-state index contributed by atoms with van der Waals surface area (Å²) >= 11 is 0. The Kier molecular flexibility index (Phi) is 4.07. The zero-order valence-electron chi connectivity index (χ0n) is 8.84. The molecule has 1 nitrogen and oxygen atoms in total. The molecule has 0 atom stereocenters. The van der Waals surface area contributed by atoms with E-state index in [9.17, 15) is 0 Å². The highest BCUT2D eigenvalue weighted by atomic mass is 15.1. The van der Waals surface area contributed by atoms with E-state index in [1.807, 2.05) is 0 Å². The lowest BCUT2D eigenvalue weighted by Crippen LogP contribution is -2.34. The molecule has 1 aliphatic rings. The molecule has 12 heavy (non-hydrogen) atoms. The second kappa shape index (κ2) is 4.86. The van der Waals surface area contributed by atoms with Crippen LogP contribution in [0.3, 0.4) is 0 Å². The third kappa shape index (κ3) is 3.57. The zero-order chi connectivity index (χ0) is 8.97. The number of hydrogen-bond donors (Lipinski definition) is 0. The fourth-order valence-corrected chi connectivity index (χ4v) is 1.73. The van der Waals surface area contributed by atoms with Gasteiger partial charge >= 0.3 is 0 Å². The van der Waals surface area contributed by atoms with Crippen LogP contribution in [-0.2, 0) is 0 Å². The predicted octanol–water partition coefficient (Wildman–Crippen LogP) is 2.76. The minimum atomic E-state index is 0.865. The van der Waals surface area contributed by atoms with Crippen LogP contribution in [0.1, 0.15) is 40.0 Å². The summed E-state index contributed by atoms with van der Waals surface area (Å²) in [5.41, 5.74) is 0. The van der Waals surface area contributed by atoms with Gasteiger partial charge in [0.2, 0.25) is 0 Å². The smallest absolute Gasteiger partial charge is 0.00162 e. The van der Waals surface area contributed by atoms with Crippen LogP contribution in [0.2, 0.25) is 0 Å². The minimum absolute atomic E-state index is 0.865. The molecule has 0 saturated carbocycles. The molecule has 0 unspecified atom stereocenters. The Labute approximate surface area is 77.1 Å². The van der Waals surface area contributed by atoms with Crippen LogP contribution in [0.15, 0.2) is 0 Å². The van der Waals surface area contributed by atoms with Crippen molar-refractivity contribution in [2.24, 2.45) is 11.8 Å². The lowest BCUT2D eigenvalue weighted by atomic mass is 9.99. The number of piperidine rings is 1. The molecular formula is C11H23N. The molecule has 0 N–H and O–H groups in total. The number of likely N-dealkylation sites (tertiary alicyclic amines) is 1. The van der Waals surface area contributed by atoms with Gasteiger partial charge in [0.05, 0.1) is 0 Å². The molecule has 1 heteroatoms. The third-order valence-corrected chi connectivity index (χ3v) is 2.90. The first-order valence-corrected chi connectivity index (χ1v) is 5.41. The standard InChI is InChI=1S/C11H23N/c1-10(2)4-7-12-8-5-11(3)6-9-12/h10-11H,4-9H2,1-3H3. The average Bonchev–Trinajstić information content (AvgIpc) is 2.03. The molecule has 1 heterocycles. The molecule has 0 aromatic heterocycles. The molecule has 72 valence electrons. The van der Waals surface area contributed by atoms with Gasteiger partial charge in [-0.1, -0.05) is 20.8 Å². The van der Waals surface area contributed by atoms with Gasteiger partial charge in [-0.3, -0.25) is 0 Å². The largest absolute Gasteiger partial charge is 0.303 e. The second-order valence-electron chi connectivity index (χ2n) is 4.71. The van der Waals surface area contributed by atoms with Gasteiger partial charge in [-0.05, 0) is 50.7 Å². The molecule has 1 saturated heterocycles. The summed E-state index contributed by atoms with van der Waals surface area (Å²) in [6, 6.07) is 0. The van der Waals surface area contributed by atoms with Gasteiger partial charge in [-0.25, -0.2) is 0 Å². The van der Waals surface area contributed by atoms with Gasteiger partial charge in [0.25, 0.3) is 0 Å². The molecule has 0 bridgehead atoms. The minimum Gasteiger partial charge on any atom is -0.303 e. The van der Waals surface area contributed by atoms with Crippen molar-refractivity contribution >= 4 is 0 Å². The Balaban J connectivity index is 2.09. The molecule has 1 rings (SSSR count). The SMILES string of the molecule is CC(C)CCN1CCC(C)CC1. The van der Waals surface area contributed by atoms with Crippen molar-refractivity contribution in [1.82, 2.24) is 4.90 Å². The van der Waals surface area contributed by atoms with Gasteiger partial charge in [0, 0.05) is 0 Å². The van der Waals surface area contributed by atoms with Crippen LogP contribution in [-0.4, -0.2) is 24.5 Å². The van der Waals surface area contributed by atoms with Gasteiger partial charge in [0.1, 0.15) is 0 Å². The Morgan fingerprint density at radius 3 is 2.33 bits per heavy atom. The topological polar surface area (TPSA) is 3.24 Å². The van der Waals surface area contributed by atoms with E-state index in [4.69, 9.17) is 0 Å². The van der Waals surface area contributed by atoms with E-state index in [1.54, 1.807) is 0 Å². The molecule has 0 spiro atoms. The van der Waals surface area contributed by atoms with Crippen LogP contribution in [0.4, 0.5) is 0 Å². The lowest BCUT2D eigenvalue weighted by molar-refractivity contribution is 0.184. The van der Waals surface area contributed by atoms with Gasteiger partial charge in [0.15, 0.2) is 0 Å². The van der Waals surface area contributed by atoms with E-state index in [2.05, 4.69) is 25.7 Å². The Morgan fingerprint density at radius 1 is 1.25 bits per heavy atom. The van der Waals surface area contributed by atoms with Crippen LogP contribution in [0.25, 0.3) is 0 Å². The Hall–Kier alpha value is -0.0400. The molecule has 0 aromatic carbocycles. The molecule has 0 aliphatic carbocycles. The van der Waals surface area contributed by atoms with Crippen molar-refractivity contribution in [2.45, 2.75) is 40.0 Å². The second-order valence-corrected chi connectivity index (χ2v) is 4.71. The fourth-order valence-electron chi connectivity index (χ4n) is 1.73. The molecule has 1 fully saturated rings. The quantitative estimate of drug-likeness (QED) is 0.628. The van der Waals surface area contributed by atoms with Crippen molar-refractivity contribution in [3.8, 4) is 0 Å². The van der Waals surface area contributed by atoms with Gasteiger partial charge in [-0.15, -0.1) is 0 Å². The summed E-state index contributed by atoms with van der Waals surface area (Å²) in [4.78, 5) is 2.62. The molecule has 0 radical (unpaired) electrons. The maximum Gasteiger partial charge on any atom is -0.00162 e. The van der Waals surface area contributed by atoms with E-state index < -0.39 is 0 Å². The number of rotatable bonds is 3. The predicted molar refractivity (Wildman–Crippen MR) is 54.3 cm³/mol. The van der Waals surface area contributed by atoms with Gasteiger partial charge < -0.3 is 4.90 Å². The molecule has 1 aliphatic heterocycles. The van der Waals surface area contributed by atoms with Crippen LogP contribution in [0, 0.1) is 11.8 Å². The van der Waals surface area contributed by atoms with E-state index in [1.165, 1.54) is 38.9 Å². The Morgan fingerprint density at radius 2 is 1.83 bits per heavy atom. The van der Waals surface area contributed by atoms with Crippen molar-refractivity contribution in [2.75, 3.05) is 19.6 Å². The van der Waals surface area contributed by atoms with E-state index >= 15 is 0 Å². The fraction of sp³-hybridized carbons (Fsp3) is 1.00. The summed E-state index contributed by atoms with van der Waals surface area (Å²) in [5, 5.41) is 0. The van der Waals surface area contributed by atoms with Crippen molar-refractivity contribution < 1.29 is 0 Å². The summed E-state index contributed by atoms with van der Waals surface area (Å²) in [6.45, 7) is 11.0. The molecule has 0 amide bonds. The van der Waals surface area contributed by atoms with Crippen LogP contribution < -0.4 is 0 Å². The number of nitrogens with zero attached hydrogens (tertiary/aromatic N) is 1. The maximum atomic E-state index is 2.62. The summed E-state index contributed by atoms with van der Waals surface area (Å²) < 4.78 is 0. The van der Waals surface area contributed by atoms with E-state index in [-0.39, 0.29) is 0 Å². The lowest BCUT2D eigenvalue weighted by Gasteiger charge is -2.30. The van der Waals surface area contributed by atoms with E-state index in [0.29, 0.717) is 0 Å². The molecule has 0 aromatic rings.